The molecule has 0 fully saturated rings. The van der Waals surface area contributed by atoms with Gasteiger partial charge < -0.3 is 4.57 Å². The lowest BCUT2D eigenvalue weighted by Crippen LogP contribution is -2.02. The first-order valence-corrected chi connectivity index (χ1v) is 9.69. The Morgan fingerprint density at radius 2 is 1.55 bits per heavy atom. The van der Waals surface area contributed by atoms with Gasteiger partial charge in [-0.25, -0.2) is 0 Å². The molecule has 2 aromatic carbocycles. The van der Waals surface area contributed by atoms with Crippen molar-refractivity contribution < 1.29 is 4.57 Å². The summed E-state index contributed by atoms with van der Waals surface area (Å²) in [7, 11) is -2.20. The smallest absolute Gasteiger partial charge is 0.109 e. The minimum Gasteiger partial charge on any atom is -0.319 e. The average Bonchev–Trinajstić information content (AvgIpc) is 2.37. The van der Waals surface area contributed by atoms with E-state index >= 15 is 0 Å². The van der Waals surface area contributed by atoms with Crippen LogP contribution in [0.3, 0.4) is 0 Å². The summed E-state index contributed by atoms with van der Waals surface area (Å²) in [6.07, 6.45) is 1.07. The molecule has 0 N–H and O–H groups in total. The summed E-state index contributed by atoms with van der Waals surface area (Å²) in [6.45, 7) is 10.2. The maximum absolute atomic E-state index is 12.2. The predicted molar refractivity (Wildman–Crippen MR) is 89.8 cm³/mol. The summed E-state index contributed by atoms with van der Waals surface area (Å²) in [5.74, 6) is 0. The number of hydrogen-bond donors (Lipinski definition) is 0. The van der Waals surface area contributed by atoms with Crippen molar-refractivity contribution in [1.82, 2.24) is 0 Å². The third kappa shape index (κ3) is 3.04. The van der Waals surface area contributed by atoms with Crippen molar-refractivity contribution in [1.29, 1.82) is 0 Å². The monoisotopic (exact) mass is 286 g/mol. The van der Waals surface area contributed by atoms with Gasteiger partial charge in [-0.3, -0.25) is 0 Å². The average molecular weight is 286 g/mol. The van der Waals surface area contributed by atoms with Crippen LogP contribution in [0.2, 0.25) is 0 Å². The fourth-order valence-corrected chi connectivity index (χ4v) is 3.63. The Balaban J connectivity index is 2.55. The van der Waals surface area contributed by atoms with Crippen LogP contribution >= 0.6 is 7.14 Å². The molecule has 0 saturated heterocycles. The molecule has 2 heteroatoms. The lowest BCUT2D eigenvalue weighted by atomic mass is 9.94. The third-order valence-electron chi connectivity index (χ3n) is 3.85. The van der Waals surface area contributed by atoms with Gasteiger partial charge in [0, 0.05) is 5.30 Å². The zero-order valence-electron chi connectivity index (χ0n) is 13.0. The van der Waals surface area contributed by atoms with Crippen molar-refractivity contribution in [2.24, 2.45) is 0 Å². The van der Waals surface area contributed by atoms with Crippen LogP contribution in [0, 0.1) is 13.8 Å². The van der Waals surface area contributed by atoms with Gasteiger partial charge in [0.05, 0.1) is 0 Å². The highest BCUT2D eigenvalue weighted by Crippen LogP contribution is 2.36. The highest BCUT2D eigenvalue weighted by molar-refractivity contribution is 7.70. The van der Waals surface area contributed by atoms with E-state index in [4.69, 9.17) is 0 Å². The van der Waals surface area contributed by atoms with Gasteiger partial charge in [-0.1, -0.05) is 37.3 Å². The van der Waals surface area contributed by atoms with E-state index in [9.17, 15) is 4.57 Å². The number of benzene rings is 2. The van der Waals surface area contributed by atoms with Gasteiger partial charge in [0.2, 0.25) is 0 Å². The summed E-state index contributed by atoms with van der Waals surface area (Å²) in [6, 6.07) is 12.6. The first kappa shape index (κ1) is 15.1. The van der Waals surface area contributed by atoms with Gasteiger partial charge in [-0.05, 0) is 67.5 Å². The summed E-state index contributed by atoms with van der Waals surface area (Å²) in [5, 5.41) is 0.949. The van der Waals surface area contributed by atoms with Gasteiger partial charge in [-0.2, -0.15) is 0 Å². The molecule has 1 nitrogen and oxygen atoms in total. The lowest BCUT2D eigenvalue weighted by Gasteiger charge is -2.13. The normalized spacial score (nSPS) is 11.7. The Morgan fingerprint density at radius 3 is 2.05 bits per heavy atom. The Hall–Kier alpha value is -1.33. The molecule has 0 bridgehead atoms. The number of hydrogen-bond acceptors (Lipinski definition) is 1. The Kier molecular flexibility index (Phi) is 4.20. The van der Waals surface area contributed by atoms with Crippen LogP contribution in [0.25, 0.3) is 11.1 Å². The Labute approximate surface area is 122 Å². The second-order valence-electron chi connectivity index (χ2n) is 5.84. The summed E-state index contributed by atoms with van der Waals surface area (Å²) < 4.78 is 12.2. The number of rotatable bonds is 3. The molecule has 0 saturated carbocycles. The van der Waals surface area contributed by atoms with Crippen molar-refractivity contribution in [3.63, 3.8) is 0 Å². The van der Waals surface area contributed by atoms with Crippen LogP contribution in [0.4, 0.5) is 0 Å². The van der Waals surface area contributed by atoms with E-state index in [-0.39, 0.29) is 0 Å². The summed E-state index contributed by atoms with van der Waals surface area (Å²) in [5.41, 5.74) is 6.47. The molecule has 106 valence electrons. The summed E-state index contributed by atoms with van der Waals surface area (Å²) in [4.78, 5) is 0. The largest absolute Gasteiger partial charge is 0.319 e. The first-order chi connectivity index (χ1) is 9.32. The van der Waals surface area contributed by atoms with Crippen molar-refractivity contribution in [2.45, 2.75) is 27.2 Å². The second-order valence-corrected chi connectivity index (χ2v) is 9.06. The second kappa shape index (κ2) is 5.58. The van der Waals surface area contributed by atoms with Crippen molar-refractivity contribution in [3.8, 4) is 11.1 Å². The van der Waals surface area contributed by atoms with Crippen LogP contribution in [-0.4, -0.2) is 13.3 Å². The van der Waals surface area contributed by atoms with Gasteiger partial charge in [0.25, 0.3) is 0 Å². The van der Waals surface area contributed by atoms with E-state index in [1.165, 1.54) is 22.3 Å². The van der Waals surface area contributed by atoms with Gasteiger partial charge in [-0.15, -0.1) is 0 Å². The van der Waals surface area contributed by atoms with Crippen LogP contribution in [0.1, 0.15) is 23.6 Å². The zero-order chi connectivity index (χ0) is 14.9. The highest BCUT2D eigenvalue weighted by Gasteiger charge is 2.12. The van der Waals surface area contributed by atoms with Crippen LogP contribution in [0.15, 0.2) is 36.4 Å². The fraction of sp³-hybridized carbons (Fsp3) is 0.333. The SMILES string of the molecule is CCc1c(C)cc(-c2cccc(P(C)(C)=O)c2)cc1C. The molecular weight excluding hydrogens is 263 g/mol. The standard InChI is InChI=1S/C18H23OP/c1-6-18-13(2)10-16(11-14(18)3)15-8-7-9-17(12-15)20(4,5)19/h7-12H,6H2,1-5H3. The molecule has 0 aliphatic rings. The fourth-order valence-electron chi connectivity index (χ4n) is 2.74. The Bertz CT molecular complexity index is 657. The zero-order valence-corrected chi connectivity index (χ0v) is 13.9. The van der Waals surface area contributed by atoms with Crippen molar-refractivity contribution in [3.05, 3.63) is 53.1 Å². The van der Waals surface area contributed by atoms with E-state index in [0.717, 1.165) is 17.3 Å². The maximum Gasteiger partial charge on any atom is 0.109 e. The molecule has 0 amide bonds. The molecule has 2 rings (SSSR count). The predicted octanol–water partition coefficient (Wildman–Crippen LogP) is 4.78. The van der Waals surface area contributed by atoms with E-state index in [1.54, 1.807) is 0 Å². The van der Waals surface area contributed by atoms with Gasteiger partial charge in [0.15, 0.2) is 0 Å². The van der Waals surface area contributed by atoms with Crippen molar-refractivity contribution >= 4 is 12.4 Å². The third-order valence-corrected chi connectivity index (χ3v) is 5.37. The van der Waals surface area contributed by atoms with Crippen LogP contribution < -0.4 is 5.30 Å². The highest BCUT2D eigenvalue weighted by atomic mass is 31.2. The first-order valence-electron chi connectivity index (χ1n) is 7.09. The minimum absolute atomic E-state index is 0.949. The molecule has 0 radical (unpaired) electrons. The molecular formula is C18H23OP. The Morgan fingerprint density at radius 1 is 0.950 bits per heavy atom. The van der Waals surface area contributed by atoms with E-state index in [0.29, 0.717) is 0 Å². The van der Waals surface area contributed by atoms with Crippen LogP contribution in [-0.2, 0) is 11.0 Å². The minimum atomic E-state index is -2.20. The van der Waals surface area contributed by atoms with E-state index in [2.05, 4.69) is 45.0 Å². The molecule has 20 heavy (non-hydrogen) atoms. The molecule has 0 heterocycles. The molecule has 0 aliphatic carbocycles. The molecule has 0 aromatic heterocycles. The molecule has 0 unspecified atom stereocenters. The van der Waals surface area contributed by atoms with E-state index < -0.39 is 7.14 Å². The number of aryl methyl sites for hydroxylation is 2. The quantitative estimate of drug-likeness (QED) is 0.742. The lowest BCUT2D eigenvalue weighted by molar-refractivity contribution is 0.588. The van der Waals surface area contributed by atoms with E-state index in [1.807, 2.05) is 25.5 Å². The van der Waals surface area contributed by atoms with Gasteiger partial charge in [0.1, 0.15) is 7.14 Å². The summed E-state index contributed by atoms with van der Waals surface area (Å²) >= 11 is 0. The molecule has 0 aliphatic heterocycles. The van der Waals surface area contributed by atoms with Gasteiger partial charge >= 0.3 is 0 Å². The molecule has 0 spiro atoms. The van der Waals surface area contributed by atoms with Crippen LogP contribution in [0.5, 0.6) is 0 Å². The molecule has 0 atom stereocenters. The molecule has 2 aromatic rings. The van der Waals surface area contributed by atoms with Crippen molar-refractivity contribution in [2.75, 3.05) is 13.3 Å². The maximum atomic E-state index is 12.2. The topological polar surface area (TPSA) is 17.1 Å².